The van der Waals surface area contributed by atoms with Crippen molar-refractivity contribution in [2.45, 2.75) is 0 Å². The van der Waals surface area contributed by atoms with Crippen LogP contribution in [0.1, 0.15) is 0 Å². The summed E-state index contributed by atoms with van der Waals surface area (Å²) in [4.78, 5) is 20.3. The summed E-state index contributed by atoms with van der Waals surface area (Å²) in [5, 5.41) is 8.15. The average Bonchev–Trinajstić information content (AvgIpc) is 3.87. The quantitative estimate of drug-likeness (QED) is 0.164. The van der Waals surface area contributed by atoms with Crippen LogP contribution in [0.2, 0.25) is 0 Å². The highest BCUT2D eigenvalue weighted by Crippen LogP contribution is 2.44. The molecule has 0 bridgehead atoms. The molecule has 4 aromatic heterocycles. The Morgan fingerprint density at radius 2 is 0.983 bits per heavy atom. The highest BCUT2D eigenvalue weighted by Gasteiger charge is 2.19. The van der Waals surface area contributed by atoms with E-state index in [1.54, 1.807) is 0 Å². The number of rotatable bonds is 5. The minimum atomic E-state index is 0.604. The summed E-state index contributed by atoms with van der Waals surface area (Å²) in [6.07, 6.45) is 0. The first-order valence-electron chi connectivity index (χ1n) is 19.3. The zero-order chi connectivity index (χ0) is 38.2. The van der Waals surface area contributed by atoms with E-state index in [1.807, 2.05) is 72.0 Å². The molecule has 6 heteroatoms. The van der Waals surface area contributed by atoms with E-state index in [1.165, 1.54) is 36.3 Å². The molecule has 0 saturated heterocycles. The van der Waals surface area contributed by atoms with Crippen molar-refractivity contribution < 1.29 is 4.42 Å². The normalized spacial score (nSPS) is 11.8. The van der Waals surface area contributed by atoms with Crippen LogP contribution in [0.4, 0.5) is 0 Å². The topological polar surface area (TPSA) is 64.7 Å². The molecule has 12 rings (SSSR count). The number of aromatic nitrogens is 4. The lowest BCUT2D eigenvalue weighted by atomic mass is 9.97. The zero-order valence-electron chi connectivity index (χ0n) is 30.9. The predicted molar refractivity (Wildman–Crippen MR) is 240 cm³/mol. The first kappa shape index (κ1) is 32.7. The van der Waals surface area contributed by atoms with Crippen LogP contribution in [0.3, 0.4) is 0 Å². The minimum absolute atomic E-state index is 0.604. The van der Waals surface area contributed by atoms with Crippen LogP contribution in [0.15, 0.2) is 186 Å². The fourth-order valence-electron chi connectivity index (χ4n) is 8.38. The van der Waals surface area contributed by atoms with Gasteiger partial charge < -0.3 is 4.42 Å². The van der Waals surface area contributed by atoms with Gasteiger partial charge in [-0.25, -0.2) is 19.9 Å². The number of thiophene rings is 1. The van der Waals surface area contributed by atoms with Crippen molar-refractivity contribution >= 4 is 75.1 Å². The van der Waals surface area contributed by atoms with Crippen molar-refractivity contribution in [1.82, 2.24) is 19.9 Å². The maximum atomic E-state index is 6.23. The van der Waals surface area contributed by atoms with Crippen LogP contribution < -0.4 is 0 Å². The van der Waals surface area contributed by atoms with E-state index in [0.717, 1.165) is 66.5 Å². The Kier molecular flexibility index (Phi) is 7.33. The second-order valence-corrected chi connectivity index (χ2v) is 15.6. The highest BCUT2D eigenvalue weighted by molar-refractivity contribution is 7.26. The lowest BCUT2D eigenvalue weighted by molar-refractivity contribution is 0.669. The maximum Gasteiger partial charge on any atom is 0.164 e. The first-order chi connectivity index (χ1) is 28.7. The lowest BCUT2D eigenvalue weighted by Crippen LogP contribution is -2.00. The molecule has 270 valence electrons. The molecule has 0 aliphatic carbocycles. The van der Waals surface area contributed by atoms with E-state index in [9.17, 15) is 0 Å². The first-order valence-corrected chi connectivity index (χ1v) is 20.1. The molecule has 0 amide bonds. The summed E-state index contributed by atoms with van der Waals surface area (Å²) in [6.45, 7) is 0. The Morgan fingerprint density at radius 1 is 0.362 bits per heavy atom. The smallest absolute Gasteiger partial charge is 0.164 e. The Labute approximate surface area is 336 Å². The van der Waals surface area contributed by atoms with Gasteiger partial charge in [0, 0.05) is 69.4 Å². The van der Waals surface area contributed by atoms with Gasteiger partial charge in [-0.1, -0.05) is 152 Å². The van der Waals surface area contributed by atoms with Gasteiger partial charge in [-0.3, -0.25) is 0 Å². The van der Waals surface area contributed by atoms with Crippen molar-refractivity contribution in [2.24, 2.45) is 0 Å². The minimum Gasteiger partial charge on any atom is -0.456 e. The van der Waals surface area contributed by atoms with Gasteiger partial charge in [0.15, 0.2) is 17.5 Å². The van der Waals surface area contributed by atoms with Crippen molar-refractivity contribution in [3.05, 3.63) is 182 Å². The van der Waals surface area contributed by atoms with Gasteiger partial charge in [0.2, 0.25) is 0 Å². The molecule has 0 N–H and O–H groups in total. The van der Waals surface area contributed by atoms with Crippen LogP contribution in [0, 0.1) is 0 Å². The van der Waals surface area contributed by atoms with Gasteiger partial charge in [0.1, 0.15) is 11.2 Å². The largest absolute Gasteiger partial charge is 0.456 e. The summed E-state index contributed by atoms with van der Waals surface area (Å²) in [5.41, 5.74) is 9.82. The summed E-state index contributed by atoms with van der Waals surface area (Å²) < 4.78 is 8.78. The Hall–Kier alpha value is -7.54. The van der Waals surface area contributed by atoms with Gasteiger partial charge in [-0.2, -0.15) is 0 Å². The number of nitrogens with zero attached hydrogens (tertiary/aromatic N) is 4. The maximum absolute atomic E-state index is 6.23. The van der Waals surface area contributed by atoms with Crippen LogP contribution in [0.5, 0.6) is 0 Å². The molecule has 0 aliphatic rings. The third-order valence-corrected chi connectivity index (χ3v) is 12.3. The summed E-state index contributed by atoms with van der Waals surface area (Å²) in [7, 11) is 0. The second kappa shape index (κ2) is 13.0. The molecule has 0 aliphatic heterocycles. The molecule has 8 aromatic carbocycles. The van der Waals surface area contributed by atoms with E-state index in [0.29, 0.717) is 17.5 Å². The van der Waals surface area contributed by atoms with Crippen LogP contribution in [-0.2, 0) is 0 Å². The molecule has 0 atom stereocenters. The monoisotopic (exact) mass is 758 g/mol. The predicted octanol–water partition coefficient (Wildman–Crippen LogP) is 14.2. The van der Waals surface area contributed by atoms with Crippen molar-refractivity contribution in [1.29, 1.82) is 0 Å². The van der Waals surface area contributed by atoms with Gasteiger partial charge >= 0.3 is 0 Å². The molecule has 58 heavy (non-hydrogen) atoms. The lowest BCUT2D eigenvalue weighted by Gasteiger charge is -2.11. The number of para-hydroxylation sites is 2. The van der Waals surface area contributed by atoms with Crippen LogP contribution in [-0.4, -0.2) is 19.9 Å². The molecule has 4 heterocycles. The van der Waals surface area contributed by atoms with Gasteiger partial charge in [0.05, 0.1) is 11.2 Å². The molecule has 0 fully saturated rings. The van der Waals surface area contributed by atoms with Gasteiger partial charge in [0.25, 0.3) is 0 Å². The van der Waals surface area contributed by atoms with E-state index in [2.05, 4.69) is 121 Å². The molecular weight excluding hydrogens is 729 g/mol. The van der Waals surface area contributed by atoms with E-state index in [-0.39, 0.29) is 0 Å². The number of furan rings is 1. The third-order valence-electron chi connectivity index (χ3n) is 11.1. The molecule has 0 saturated carbocycles. The summed E-state index contributed by atoms with van der Waals surface area (Å²) in [6, 6.07) is 63.2. The Balaban J connectivity index is 0.973. The van der Waals surface area contributed by atoms with Crippen molar-refractivity contribution in [2.75, 3.05) is 0 Å². The molecule has 5 nitrogen and oxygen atoms in total. The number of pyridine rings is 1. The highest BCUT2D eigenvalue weighted by atomic mass is 32.1. The molecule has 12 aromatic rings. The fraction of sp³-hybridized carbons (Fsp3) is 0. The van der Waals surface area contributed by atoms with E-state index < -0.39 is 0 Å². The third kappa shape index (κ3) is 5.23. The number of hydrogen-bond donors (Lipinski definition) is 0. The number of benzene rings is 8. The molecule has 0 unspecified atom stereocenters. The number of fused-ring (bicyclic) bond motifs is 10. The molecule has 0 spiro atoms. The standard InChI is InChI=1S/C52H30N4OS/c1-3-12-32(13-4-1)48-39-28-27-36-41-30-35(26-29-45(41)58-49(36)47(39)37-16-7-9-19-42(37)53-48)31-22-24-34(25-23-31)51-54-50(33-14-5-2-6-15-33)55-52(56-51)40-18-11-21-44-46(40)38-17-8-10-20-43(38)57-44/h1-30H. The zero-order valence-corrected chi connectivity index (χ0v) is 31.7. The Bertz CT molecular complexity index is 3560. The average molecular weight is 759 g/mol. The van der Waals surface area contributed by atoms with Crippen molar-refractivity contribution in [3.63, 3.8) is 0 Å². The van der Waals surface area contributed by atoms with E-state index >= 15 is 0 Å². The van der Waals surface area contributed by atoms with Crippen molar-refractivity contribution in [3.8, 4) is 56.5 Å². The Morgan fingerprint density at radius 3 is 1.79 bits per heavy atom. The molecular formula is C52H30N4OS. The summed E-state index contributed by atoms with van der Waals surface area (Å²) >= 11 is 1.86. The SMILES string of the molecule is c1ccc(-c2nc(-c3ccc(-c4ccc5sc6c(ccc7c(-c8ccccc8)nc8ccccc8c76)c5c4)cc3)nc(-c3cccc4oc5ccccc5c34)n2)cc1. The number of hydrogen-bond acceptors (Lipinski definition) is 6. The fourth-order valence-corrected chi connectivity index (χ4v) is 9.62. The second-order valence-electron chi connectivity index (χ2n) is 14.5. The van der Waals surface area contributed by atoms with Crippen LogP contribution >= 0.6 is 11.3 Å². The van der Waals surface area contributed by atoms with Crippen LogP contribution in [0.25, 0.3) is 120 Å². The van der Waals surface area contributed by atoms with E-state index in [4.69, 9.17) is 24.4 Å². The van der Waals surface area contributed by atoms with Gasteiger partial charge in [-0.05, 0) is 41.5 Å². The van der Waals surface area contributed by atoms with Gasteiger partial charge in [-0.15, -0.1) is 11.3 Å². The molecule has 0 radical (unpaired) electrons. The summed E-state index contributed by atoms with van der Waals surface area (Å²) in [5.74, 6) is 1.84.